The molecule has 90 valence electrons. The standard InChI is InChI=1S/C10H15ClN2O2S/c1-2-9-4-3-6-12-10(9)8-13-16(14,15)7-5-11/h3-4,6,13H,2,5,7-8H2,1H3. The van der Waals surface area contributed by atoms with Gasteiger partial charge in [-0.3, -0.25) is 4.98 Å². The molecule has 1 rings (SSSR count). The first-order chi connectivity index (χ1) is 7.59. The van der Waals surface area contributed by atoms with E-state index in [0.29, 0.717) is 0 Å². The van der Waals surface area contributed by atoms with Gasteiger partial charge >= 0.3 is 0 Å². The molecule has 0 fully saturated rings. The Bertz CT molecular complexity index is 434. The first kappa shape index (κ1) is 13.4. The smallest absolute Gasteiger partial charge is 0.213 e. The molecule has 0 atom stereocenters. The Balaban J connectivity index is 2.68. The summed E-state index contributed by atoms with van der Waals surface area (Å²) in [7, 11) is -3.28. The van der Waals surface area contributed by atoms with Crippen molar-refractivity contribution in [2.75, 3.05) is 11.6 Å². The predicted octanol–water partition coefficient (Wildman–Crippen LogP) is 1.30. The van der Waals surface area contributed by atoms with Crippen LogP contribution in [0.3, 0.4) is 0 Å². The highest BCUT2D eigenvalue weighted by Crippen LogP contribution is 2.06. The highest BCUT2D eigenvalue weighted by Gasteiger charge is 2.10. The third-order valence-electron chi connectivity index (χ3n) is 2.17. The summed E-state index contributed by atoms with van der Waals surface area (Å²) in [4.78, 5) is 4.15. The van der Waals surface area contributed by atoms with Gasteiger partial charge in [0.1, 0.15) is 0 Å². The summed E-state index contributed by atoms with van der Waals surface area (Å²) < 4.78 is 25.2. The summed E-state index contributed by atoms with van der Waals surface area (Å²) in [6.07, 6.45) is 2.49. The maximum atomic E-state index is 11.4. The molecule has 0 saturated heterocycles. The zero-order valence-corrected chi connectivity index (χ0v) is 10.7. The van der Waals surface area contributed by atoms with Gasteiger partial charge in [0.15, 0.2) is 0 Å². The second-order valence-corrected chi connectivity index (χ2v) is 5.60. The summed E-state index contributed by atoms with van der Waals surface area (Å²) in [5.74, 6) is 0.0288. The minimum Gasteiger partial charge on any atom is -0.260 e. The van der Waals surface area contributed by atoms with Crippen molar-refractivity contribution < 1.29 is 8.42 Å². The molecule has 1 aromatic heterocycles. The van der Waals surface area contributed by atoms with Crippen LogP contribution >= 0.6 is 11.6 Å². The lowest BCUT2D eigenvalue weighted by molar-refractivity contribution is 0.581. The highest BCUT2D eigenvalue weighted by atomic mass is 35.5. The Hall–Kier alpha value is -0.650. The van der Waals surface area contributed by atoms with Gasteiger partial charge in [-0.1, -0.05) is 13.0 Å². The molecule has 0 radical (unpaired) electrons. The van der Waals surface area contributed by atoms with Gasteiger partial charge in [0, 0.05) is 12.1 Å². The molecule has 1 N–H and O–H groups in total. The summed E-state index contributed by atoms with van der Waals surface area (Å²) in [5.41, 5.74) is 1.82. The predicted molar refractivity (Wildman–Crippen MR) is 65.0 cm³/mol. The van der Waals surface area contributed by atoms with Crippen molar-refractivity contribution in [2.24, 2.45) is 0 Å². The molecular weight excluding hydrogens is 248 g/mol. The Morgan fingerprint density at radius 2 is 2.25 bits per heavy atom. The average molecular weight is 263 g/mol. The van der Waals surface area contributed by atoms with Gasteiger partial charge in [0.05, 0.1) is 18.0 Å². The zero-order valence-electron chi connectivity index (χ0n) is 9.11. The van der Waals surface area contributed by atoms with E-state index in [1.807, 2.05) is 19.1 Å². The van der Waals surface area contributed by atoms with E-state index >= 15 is 0 Å². The fraction of sp³-hybridized carbons (Fsp3) is 0.500. The first-order valence-electron chi connectivity index (χ1n) is 5.05. The number of pyridine rings is 1. The van der Waals surface area contributed by atoms with Gasteiger partial charge < -0.3 is 0 Å². The molecule has 0 unspecified atom stereocenters. The van der Waals surface area contributed by atoms with E-state index in [1.165, 1.54) is 0 Å². The topological polar surface area (TPSA) is 59.1 Å². The zero-order chi connectivity index (χ0) is 12.0. The fourth-order valence-corrected chi connectivity index (χ4v) is 2.62. The molecule has 1 aromatic rings. The molecule has 0 spiro atoms. The molecule has 16 heavy (non-hydrogen) atoms. The molecule has 4 nitrogen and oxygen atoms in total. The summed E-state index contributed by atoms with van der Waals surface area (Å²) >= 11 is 5.39. The lowest BCUT2D eigenvalue weighted by atomic mass is 10.1. The molecular formula is C10H15ClN2O2S. The van der Waals surface area contributed by atoms with Crippen molar-refractivity contribution in [3.05, 3.63) is 29.6 Å². The van der Waals surface area contributed by atoms with Crippen LogP contribution < -0.4 is 4.72 Å². The van der Waals surface area contributed by atoms with Gasteiger partial charge in [0.25, 0.3) is 0 Å². The molecule has 0 aliphatic heterocycles. The monoisotopic (exact) mass is 262 g/mol. The Morgan fingerprint density at radius 1 is 1.50 bits per heavy atom. The van der Waals surface area contributed by atoms with Crippen LogP contribution in [0.15, 0.2) is 18.3 Å². The van der Waals surface area contributed by atoms with E-state index in [1.54, 1.807) is 6.20 Å². The first-order valence-corrected chi connectivity index (χ1v) is 7.24. The van der Waals surface area contributed by atoms with E-state index in [0.717, 1.165) is 17.7 Å². The average Bonchev–Trinajstić information content (AvgIpc) is 2.27. The molecule has 0 saturated carbocycles. The second-order valence-electron chi connectivity index (χ2n) is 3.29. The maximum absolute atomic E-state index is 11.4. The number of aryl methyl sites for hydroxylation is 1. The Labute approximate surface area is 101 Å². The minimum absolute atomic E-state index is 0.0666. The number of aromatic nitrogens is 1. The van der Waals surface area contributed by atoms with E-state index in [4.69, 9.17) is 11.6 Å². The van der Waals surface area contributed by atoms with Crippen LogP contribution in [0.5, 0.6) is 0 Å². The van der Waals surface area contributed by atoms with Gasteiger partial charge in [0.2, 0.25) is 10.0 Å². The van der Waals surface area contributed by atoms with Crippen LogP contribution in [-0.2, 0) is 23.0 Å². The van der Waals surface area contributed by atoms with E-state index in [-0.39, 0.29) is 18.2 Å². The van der Waals surface area contributed by atoms with Crippen molar-refractivity contribution in [1.82, 2.24) is 9.71 Å². The Morgan fingerprint density at radius 3 is 2.88 bits per heavy atom. The number of halogens is 1. The molecule has 0 aromatic carbocycles. The summed E-state index contributed by atoms with van der Waals surface area (Å²) in [6.45, 7) is 2.23. The summed E-state index contributed by atoms with van der Waals surface area (Å²) in [5, 5.41) is 0. The van der Waals surface area contributed by atoms with Crippen LogP contribution in [0.4, 0.5) is 0 Å². The lowest BCUT2D eigenvalue weighted by Crippen LogP contribution is -2.27. The van der Waals surface area contributed by atoms with Crippen molar-refractivity contribution in [1.29, 1.82) is 0 Å². The quantitative estimate of drug-likeness (QED) is 0.787. The van der Waals surface area contributed by atoms with Crippen molar-refractivity contribution in [3.63, 3.8) is 0 Å². The van der Waals surface area contributed by atoms with E-state index < -0.39 is 10.0 Å². The molecule has 1 heterocycles. The minimum atomic E-state index is -3.28. The number of hydrogen-bond donors (Lipinski definition) is 1. The Kier molecular flexibility index (Phi) is 5.18. The summed E-state index contributed by atoms with van der Waals surface area (Å²) in [6, 6.07) is 3.79. The number of sulfonamides is 1. The molecule has 0 aliphatic carbocycles. The molecule has 0 amide bonds. The number of rotatable bonds is 6. The van der Waals surface area contributed by atoms with Gasteiger partial charge in [-0.2, -0.15) is 0 Å². The molecule has 0 aliphatic rings. The van der Waals surface area contributed by atoms with Gasteiger partial charge in [-0.15, -0.1) is 11.6 Å². The lowest BCUT2D eigenvalue weighted by Gasteiger charge is -2.07. The normalized spacial score (nSPS) is 11.6. The van der Waals surface area contributed by atoms with E-state index in [2.05, 4.69) is 9.71 Å². The van der Waals surface area contributed by atoms with Crippen LogP contribution in [0.25, 0.3) is 0 Å². The number of nitrogens with zero attached hydrogens (tertiary/aromatic N) is 1. The highest BCUT2D eigenvalue weighted by molar-refractivity contribution is 7.89. The van der Waals surface area contributed by atoms with Crippen LogP contribution in [0.2, 0.25) is 0 Å². The maximum Gasteiger partial charge on any atom is 0.213 e. The SMILES string of the molecule is CCc1cccnc1CNS(=O)(=O)CCCl. The largest absolute Gasteiger partial charge is 0.260 e. The van der Waals surface area contributed by atoms with E-state index in [9.17, 15) is 8.42 Å². The number of hydrogen-bond acceptors (Lipinski definition) is 3. The van der Waals surface area contributed by atoms with Gasteiger partial charge in [-0.05, 0) is 18.1 Å². The molecule has 0 bridgehead atoms. The van der Waals surface area contributed by atoms with Crippen LogP contribution in [0, 0.1) is 0 Å². The third-order valence-corrected chi connectivity index (χ3v) is 3.91. The van der Waals surface area contributed by atoms with Crippen LogP contribution in [-0.4, -0.2) is 25.0 Å². The fourth-order valence-electron chi connectivity index (χ4n) is 1.30. The van der Waals surface area contributed by atoms with Crippen molar-refractivity contribution in [2.45, 2.75) is 19.9 Å². The third kappa shape index (κ3) is 4.08. The number of alkyl halides is 1. The molecule has 6 heteroatoms. The van der Waals surface area contributed by atoms with Crippen molar-refractivity contribution >= 4 is 21.6 Å². The second kappa shape index (κ2) is 6.18. The number of nitrogens with one attached hydrogen (secondary N) is 1. The van der Waals surface area contributed by atoms with Gasteiger partial charge in [-0.25, -0.2) is 13.1 Å². The van der Waals surface area contributed by atoms with Crippen LogP contribution in [0.1, 0.15) is 18.2 Å². The van der Waals surface area contributed by atoms with Crippen molar-refractivity contribution in [3.8, 4) is 0 Å².